The molecule has 1 saturated carbocycles. The topological polar surface area (TPSA) is 56.7 Å². The molecule has 1 heterocycles. The fourth-order valence-corrected chi connectivity index (χ4v) is 2.87. The van der Waals surface area contributed by atoms with Gasteiger partial charge in [0.05, 0.1) is 6.54 Å². The molecule has 2 N–H and O–H groups in total. The molecule has 0 aliphatic heterocycles. The van der Waals surface area contributed by atoms with E-state index in [1.54, 1.807) is 0 Å². The predicted molar refractivity (Wildman–Crippen MR) is 68.5 cm³/mol. The Bertz CT molecular complexity index is 337. The van der Waals surface area contributed by atoms with E-state index in [4.69, 9.17) is 5.73 Å². The molecule has 0 saturated heterocycles. The van der Waals surface area contributed by atoms with Crippen molar-refractivity contribution >= 4 is 0 Å². The largest absolute Gasteiger partial charge is 0.324 e. The number of nitrogens with two attached hydrogens (primary N) is 1. The maximum Gasteiger partial charge on any atom is 0.146 e. The van der Waals surface area contributed by atoms with Crippen LogP contribution in [0, 0.1) is 5.92 Å². The van der Waals surface area contributed by atoms with Gasteiger partial charge in [-0.1, -0.05) is 38.5 Å². The van der Waals surface area contributed by atoms with Crippen molar-refractivity contribution in [2.45, 2.75) is 65.0 Å². The summed E-state index contributed by atoms with van der Waals surface area (Å²) in [7, 11) is 0. The second-order valence-corrected chi connectivity index (χ2v) is 5.04. The quantitative estimate of drug-likeness (QED) is 0.816. The van der Waals surface area contributed by atoms with Gasteiger partial charge in [0, 0.05) is 13.0 Å². The Kier molecular flexibility index (Phi) is 4.54. The molecule has 1 aromatic rings. The van der Waals surface area contributed by atoms with Gasteiger partial charge in [-0.05, 0) is 12.8 Å². The summed E-state index contributed by atoms with van der Waals surface area (Å²) < 4.78 is 2.19. The number of hydrogen-bond donors (Lipinski definition) is 1. The van der Waals surface area contributed by atoms with Crippen LogP contribution in [0.5, 0.6) is 0 Å². The van der Waals surface area contributed by atoms with Crippen molar-refractivity contribution in [3.05, 3.63) is 11.6 Å². The van der Waals surface area contributed by atoms with E-state index in [1.165, 1.54) is 38.5 Å². The average molecular weight is 236 g/mol. The summed E-state index contributed by atoms with van der Waals surface area (Å²) in [6.07, 6.45) is 9.38. The van der Waals surface area contributed by atoms with Gasteiger partial charge in [-0.3, -0.25) is 0 Å². The summed E-state index contributed by atoms with van der Waals surface area (Å²) in [6.45, 7) is 3.56. The van der Waals surface area contributed by atoms with Gasteiger partial charge < -0.3 is 10.3 Å². The molecular weight excluding hydrogens is 212 g/mol. The van der Waals surface area contributed by atoms with Crippen LogP contribution in [0.3, 0.4) is 0 Å². The van der Waals surface area contributed by atoms with E-state index >= 15 is 0 Å². The molecule has 0 amide bonds. The maximum atomic E-state index is 5.67. The molecule has 4 nitrogen and oxygen atoms in total. The highest BCUT2D eigenvalue weighted by Crippen LogP contribution is 2.25. The lowest BCUT2D eigenvalue weighted by molar-refractivity contribution is 0.438. The van der Waals surface area contributed by atoms with Crippen molar-refractivity contribution in [1.29, 1.82) is 0 Å². The fourth-order valence-electron chi connectivity index (χ4n) is 2.87. The number of hydrogen-bond acceptors (Lipinski definition) is 3. The summed E-state index contributed by atoms with van der Waals surface area (Å²) in [5, 5.41) is 8.50. The van der Waals surface area contributed by atoms with Crippen LogP contribution in [0.2, 0.25) is 0 Å². The van der Waals surface area contributed by atoms with Crippen LogP contribution in [-0.2, 0) is 19.5 Å². The highest BCUT2D eigenvalue weighted by atomic mass is 15.3. The first-order chi connectivity index (χ1) is 8.35. The Hall–Kier alpha value is -0.900. The molecule has 96 valence electrons. The zero-order chi connectivity index (χ0) is 12.1. The highest BCUT2D eigenvalue weighted by Gasteiger charge is 2.17. The summed E-state index contributed by atoms with van der Waals surface area (Å²) in [5.74, 6) is 2.87. The van der Waals surface area contributed by atoms with Gasteiger partial charge in [-0.15, -0.1) is 10.2 Å². The third-order valence-corrected chi connectivity index (χ3v) is 3.85. The number of rotatable bonds is 4. The van der Waals surface area contributed by atoms with Crippen molar-refractivity contribution in [2.24, 2.45) is 11.7 Å². The molecular formula is C13H24N4. The molecule has 0 unspecified atom stereocenters. The molecule has 0 radical (unpaired) electrons. The number of aromatic nitrogens is 3. The van der Waals surface area contributed by atoms with Crippen LogP contribution >= 0.6 is 0 Å². The molecule has 0 bridgehead atoms. The first kappa shape index (κ1) is 12.6. The third-order valence-electron chi connectivity index (χ3n) is 3.85. The molecule has 0 aromatic carbocycles. The highest BCUT2D eigenvalue weighted by molar-refractivity contribution is 4.97. The molecule has 4 heteroatoms. The van der Waals surface area contributed by atoms with Crippen LogP contribution < -0.4 is 5.73 Å². The minimum Gasteiger partial charge on any atom is -0.324 e. The molecule has 0 spiro atoms. The lowest BCUT2D eigenvalue weighted by Crippen LogP contribution is -2.13. The molecule has 1 fully saturated rings. The Morgan fingerprint density at radius 2 is 1.76 bits per heavy atom. The Labute approximate surface area is 104 Å². The van der Waals surface area contributed by atoms with Crippen LogP contribution in [0.15, 0.2) is 0 Å². The first-order valence-corrected chi connectivity index (χ1v) is 6.96. The van der Waals surface area contributed by atoms with E-state index in [0.29, 0.717) is 6.54 Å². The standard InChI is InChI=1S/C13H24N4/c1-2-17-12(15-16-13(17)10-14)9-11-7-5-3-4-6-8-11/h11H,2-10,14H2,1H3. The van der Waals surface area contributed by atoms with Gasteiger partial charge in [-0.2, -0.15) is 0 Å². The van der Waals surface area contributed by atoms with E-state index in [2.05, 4.69) is 21.7 Å². The molecule has 17 heavy (non-hydrogen) atoms. The average Bonchev–Trinajstić information content (AvgIpc) is 2.55. The summed E-state index contributed by atoms with van der Waals surface area (Å²) >= 11 is 0. The lowest BCUT2D eigenvalue weighted by Gasteiger charge is -2.14. The Morgan fingerprint density at radius 1 is 1.12 bits per heavy atom. The molecule has 2 rings (SSSR count). The summed E-state index contributed by atoms with van der Waals surface area (Å²) in [4.78, 5) is 0. The van der Waals surface area contributed by atoms with Crippen LogP contribution in [0.4, 0.5) is 0 Å². The second kappa shape index (κ2) is 6.15. The van der Waals surface area contributed by atoms with Gasteiger partial charge in [0.15, 0.2) is 0 Å². The van der Waals surface area contributed by atoms with Gasteiger partial charge in [0.2, 0.25) is 0 Å². The van der Waals surface area contributed by atoms with E-state index in [1.807, 2.05) is 0 Å². The van der Waals surface area contributed by atoms with Crippen molar-refractivity contribution in [2.75, 3.05) is 0 Å². The van der Waals surface area contributed by atoms with E-state index in [9.17, 15) is 0 Å². The zero-order valence-corrected chi connectivity index (χ0v) is 10.9. The van der Waals surface area contributed by atoms with Gasteiger partial charge in [0.25, 0.3) is 0 Å². The maximum absolute atomic E-state index is 5.67. The van der Waals surface area contributed by atoms with Gasteiger partial charge >= 0.3 is 0 Å². The molecule has 1 aliphatic rings. The minimum atomic E-state index is 0.492. The normalized spacial score (nSPS) is 18.2. The Balaban J connectivity index is 2.03. The van der Waals surface area contributed by atoms with Crippen molar-refractivity contribution in [3.63, 3.8) is 0 Å². The zero-order valence-electron chi connectivity index (χ0n) is 10.9. The third kappa shape index (κ3) is 3.06. The van der Waals surface area contributed by atoms with Crippen molar-refractivity contribution in [3.8, 4) is 0 Å². The van der Waals surface area contributed by atoms with Gasteiger partial charge in [0.1, 0.15) is 11.6 Å². The van der Waals surface area contributed by atoms with E-state index in [0.717, 1.165) is 30.5 Å². The minimum absolute atomic E-state index is 0.492. The molecule has 0 atom stereocenters. The summed E-state index contributed by atoms with van der Waals surface area (Å²) in [5.41, 5.74) is 5.67. The Morgan fingerprint density at radius 3 is 2.35 bits per heavy atom. The first-order valence-electron chi connectivity index (χ1n) is 6.96. The lowest BCUT2D eigenvalue weighted by atomic mass is 9.96. The fraction of sp³-hybridized carbons (Fsp3) is 0.846. The molecule has 1 aromatic heterocycles. The number of nitrogens with zero attached hydrogens (tertiary/aromatic N) is 3. The predicted octanol–water partition coefficient (Wildman–Crippen LogP) is 2.27. The van der Waals surface area contributed by atoms with Gasteiger partial charge in [-0.25, -0.2) is 0 Å². The van der Waals surface area contributed by atoms with Crippen LogP contribution in [0.1, 0.15) is 57.1 Å². The summed E-state index contributed by atoms with van der Waals surface area (Å²) in [6, 6.07) is 0. The smallest absolute Gasteiger partial charge is 0.146 e. The van der Waals surface area contributed by atoms with E-state index in [-0.39, 0.29) is 0 Å². The monoisotopic (exact) mass is 236 g/mol. The SMILES string of the molecule is CCn1c(CN)nnc1CC1CCCCCC1. The van der Waals surface area contributed by atoms with Crippen molar-refractivity contribution in [1.82, 2.24) is 14.8 Å². The van der Waals surface area contributed by atoms with Crippen molar-refractivity contribution < 1.29 is 0 Å². The van der Waals surface area contributed by atoms with E-state index < -0.39 is 0 Å². The molecule has 1 aliphatic carbocycles. The van der Waals surface area contributed by atoms with Crippen LogP contribution in [0.25, 0.3) is 0 Å². The second-order valence-electron chi connectivity index (χ2n) is 5.04. The van der Waals surface area contributed by atoms with Crippen LogP contribution in [-0.4, -0.2) is 14.8 Å².